The number of halogens is 1. The molecule has 1 aliphatic carbocycles. The molecule has 1 fully saturated rings. The van der Waals surface area contributed by atoms with Gasteiger partial charge in [0.2, 0.25) is 0 Å². The zero-order chi connectivity index (χ0) is 10.2. The fourth-order valence-corrected chi connectivity index (χ4v) is 2.37. The molecular formula is C11H11ClO2. The highest BCUT2D eigenvalue weighted by Crippen LogP contribution is 2.50. The summed E-state index contributed by atoms with van der Waals surface area (Å²) < 4.78 is 0. The summed E-state index contributed by atoms with van der Waals surface area (Å²) >= 11 is 6.31. The van der Waals surface area contributed by atoms with Crippen molar-refractivity contribution < 1.29 is 9.90 Å². The highest BCUT2D eigenvalue weighted by molar-refractivity contribution is 6.25. The molecular weight excluding hydrogens is 200 g/mol. The van der Waals surface area contributed by atoms with Gasteiger partial charge in [0.15, 0.2) is 0 Å². The number of rotatable bonds is 2. The van der Waals surface area contributed by atoms with Crippen molar-refractivity contribution in [2.45, 2.75) is 17.7 Å². The average molecular weight is 211 g/mol. The minimum Gasteiger partial charge on any atom is -0.481 e. The molecule has 0 aromatic heterocycles. The number of carboxylic acids is 1. The molecule has 1 aliphatic rings. The lowest BCUT2D eigenvalue weighted by molar-refractivity contribution is -0.145. The van der Waals surface area contributed by atoms with Gasteiger partial charge in [0.25, 0.3) is 0 Å². The van der Waals surface area contributed by atoms with E-state index >= 15 is 0 Å². The van der Waals surface area contributed by atoms with Crippen LogP contribution < -0.4 is 0 Å². The quantitative estimate of drug-likeness (QED) is 0.762. The SMILES string of the molecule is O=C(O)C1CC(Cl)(c2ccccc2)C1. The first kappa shape index (κ1) is 9.53. The van der Waals surface area contributed by atoms with Crippen LogP contribution in [-0.4, -0.2) is 11.1 Å². The van der Waals surface area contributed by atoms with Gasteiger partial charge >= 0.3 is 5.97 Å². The summed E-state index contributed by atoms with van der Waals surface area (Å²) in [5.74, 6) is -1.01. The van der Waals surface area contributed by atoms with Gasteiger partial charge in [-0.2, -0.15) is 0 Å². The normalized spacial score (nSPS) is 30.8. The lowest BCUT2D eigenvalue weighted by Gasteiger charge is -2.41. The molecule has 1 aromatic rings. The third-order valence-electron chi connectivity index (χ3n) is 2.78. The van der Waals surface area contributed by atoms with Crippen molar-refractivity contribution in [3.63, 3.8) is 0 Å². The molecule has 74 valence electrons. The van der Waals surface area contributed by atoms with Crippen LogP contribution in [0, 0.1) is 5.92 Å². The Morgan fingerprint density at radius 2 is 1.93 bits per heavy atom. The minimum atomic E-state index is -0.739. The van der Waals surface area contributed by atoms with Crippen LogP contribution in [0.2, 0.25) is 0 Å². The summed E-state index contributed by atoms with van der Waals surface area (Å²) in [4.78, 5) is 10.2. The minimum absolute atomic E-state index is 0.271. The van der Waals surface area contributed by atoms with Gasteiger partial charge in [0.05, 0.1) is 10.8 Å². The molecule has 0 unspecified atom stereocenters. The van der Waals surface area contributed by atoms with Crippen molar-refractivity contribution in [3.05, 3.63) is 35.9 Å². The van der Waals surface area contributed by atoms with E-state index in [9.17, 15) is 4.79 Å². The van der Waals surface area contributed by atoms with E-state index in [-0.39, 0.29) is 5.92 Å². The molecule has 0 spiro atoms. The monoisotopic (exact) mass is 210 g/mol. The highest BCUT2D eigenvalue weighted by atomic mass is 35.5. The summed E-state index contributed by atoms with van der Waals surface area (Å²) in [6.07, 6.45) is 1.07. The van der Waals surface area contributed by atoms with Crippen molar-refractivity contribution in [1.29, 1.82) is 0 Å². The molecule has 14 heavy (non-hydrogen) atoms. The van der Waals surface area contributed by atoms with Crippen LogP contribution in [0.4, 0.5) is 0 Å². The number of aliphatic carboxylic acids is 1. The van der Waals surface area contributed by atoms with Crippen LogP contribution in [0.15, 0.2) is 30.3 Å². The van der Waals surface area contributed by atoms with Gasteiger partial charge in [0, 0.05) is 0 Å². The van der Waals surface area contributed by atoms with E-state index < -0.39 is 10.8 Å². The second-order valence-corrected chi connectivity index (χ2v) is 4.50. The zero-order valence-electron chi connectivity index (χ0n) is 7.61. The van der Waals surface area contributed by atoms with Crippen molar-refractivity contribution in [2.24, 2.45) is 5.92 Å². The van der Waals surface area contributed by atoms with Crippen LogP contribution in [-0.2, 0) is 9.67 Å². The molecule has 0 bridgehead atoms. The summed E-state index contributed by atoms with van der Waals surface area (Å²) in [6, 6.07) is 9.67. The van der Waals surface area contributed by atoms with E-state index in [1.54, 1.807) is 0 Å². The predicted octanol–water partition coefficient (Wildman–Crippen LogP) is 2.62. The molecule has 2 nitrogen and oxygen atoms in total. The summed E-state index contributed by atoms with van der Waals surface area (Å²) in [5.41, 5.74) is 1.03. The van der Waals surface area contributed by atoms with Gasteiger partial charge in [-0.05, 0) is 18.4 Å². The number of carbonyl (C=O) groups is 1. The van der Waals surface area contributed by atoms with Crippen molar-refractivity contribution in [3.8, 4) is 0 Å². The number of carboxylic acid groups (broad SMARTS) is 1. The van der Waals surface area contributed by atoms with Crippen LogP contribution in [0.5, 0.6) is 0 Å². The Morgan fingerprint density at radius 1 is 1.36 bits per heavy atom. The smallest absolute Gasteiger partial charge is 0.306 e. The molecule has 1 saturated carbocycles. The predicted molar refractivity (Wildman–Crippen MR) is 54.3 cm³/mol. The Kier molecular flexibility index (Phi) is 2.23. The Morgan fingerprint density at radius 3 is 2.43 bits per heavy atom. The first-order valence-electron chi connectivity index (χ1n) is 4.59. The molecule has 1 N–H and O–H groups in total. The molecule has 0 amide bonds. The molecule has 0 radical (unpaired) electrons. The van der Waals surface area contributed by atoms with Crippen molar-refractivity contribution >= 4 is 17.6 Å². The van der Waals surface area contributed by atoms with Gasteiger partial charge in [0.1, 0.15) is 0 Å². The Balaban J connectivity index is 2.12. The van der Waals surface area contributed by atoms with E-state index in [4.69, 9.17) is 16.7 Å². The van der Waals surface area contributed by atoms with E-state index in [2.05, 4.69) is 0 Å². The zero-order valence-corrected chi connectivity index (χ0v) is 8.37. The van der Waals surface area contributed by atoms with Gasteiger partial charge in [-0.25, -0.2) is 0 Å². The van der Waals surface area contributed by atoms with Crippen LogP contribution >= 0.6 is 11.6 Å². The first-order valence-corrected chi connectivity index (χ1v) is 4.97. The molecule has 0 aliphatic heterocycles. The van der Waals surface area contributed by atoms with E-state index in [1.165, 1.54) is 0 Å². The number of benzene rings is 1. The summed E-state index contributed by atoms with van der Waals surface area (Å²) in [6.45, 7) is 0. The van der Waals surface area contributed by atoms with E-state index in [0.717, 1.165) is 5.56 Å². The molecule has 0 heterocycles. The molecule has 0 atom stereocenters. The maximum absolute atomic E-state index is 10.6. The van der Waals surface area contributed by atoms with Crippen LogP contribution in [0.1, 0.15) is 18.4 Å². The number of alkyl halides is 1. The standard InChI is InChI=1S/C11H11ClO2/c12-11(6-8(7-11)10(13)14)9-4-2-1-3-5-9/h1-5,8H,6-7H2,(H,13,14). The number of hydrogen-bond acceptors (Lipinski definition) is 1. The van der Waals surface area contributed by atoms with Gasteiger partial charge < -0.3 is 5.11 Å². The molecule has 2 rings (SSSR count). The largest absolute Gasteiger partial charge is 0.481 e. The summed E-state index contributed by atoms with van der Waals surface area (Å²) in [5, 5.41) is 8.75. The van der Waals surface area contributed by atoms with Crippen molar-refractivity contribution in [1.82, 2.24) is 0 Å². The lowest BCUT2D eigenvalue weighted by Crippen LogP contribution is -2.40. The second kappa shape index (κ2) is 3.28. The third kappa shape index (κ3) is 1.50. The van der Waals surface area contributed by atoms with Crippen LogP contribution in [0.3, 0.4) is 0 Å². The fraction of sp³-hybridized carbons (Fsp3) is 0.364. The van der Waals surface area contributed by atoms with Gasteiger partial charge in [-0.15, -0.1) is 11.6 Å². The average Bonchev–Trinajstić information content (AvgIpc) is 2.14. The van der Waals surface area contributed by atoms with Crippen molar-refractivity contribution in [2.75, 3.05) is 0 Å². The van der Waals surface area contributed by atoms with Gasteiger partial charge in [-0.3, -0.25) is 4.79 Å². The maximum atomic E-state index is 10.6. The molecule has 1 aromatic carbocycles. The van der Waals surface area contributed by atoms with Gasteiger partial charge in [-0.1, -0.05) is 30.3 Å². The Bertz CT molecular complexity index is 342. The first-order chi connectivity index (χ1) is 6.62. The third-order valence-corrected chi connectivity index (χ3v) is 3.31. The number of hydrogen-bond donors (Lipinski definition) is 1. The second-order valence-electron chi connectivity index (χ2n) is 3.77. The van der Waals surface area contributed by atoms with Crippen LogP contribution in [0.25, 0.3) is 0 Å². The Labute approximate surface area is 87.5 Å². The lowest BCUT2D eigenvalue weighted by atomic mass is 9.70. The Hall–Kier alpha value is -1.02. The molecule has 3 heteroatoms. The van der Waals surface area contributed by atoms with E-state index in [0.29, 0.717) is 12.8 Å². The highest BCUT2D eigenvalue weighted by Gasteiger charge is 2.47. The molecule has 0 saturated heterocycles. The topological polar surface area (TPSA) is 37.3 Å². The summed E-state index contributed by atoms with van der Waals surface area (Å²) in [7, 11) is 0. The van der Waals surface area contributed by atoms with E-state index in [1.807, 2.05) is 30.3 Å². The maximum Gasteiger partial charge on any atom is 0.306 e. The fourth-order valence-electron chi connectivity index (χ4n) is 1.87.